The second kappa shape index (κ2) is 8.46. The lowest BCUT2D eigenvalue weighted by molar-refractivity contribution is 0.403. The Morgan fingerprint density at radius 2 is 2.00 bits per heavy atom. The van der Waals surface area contributed by atoms with Gasteiger partial charge >= 0.3 is 0 Å². The number of hydrogen-bond acceptors (Lipinski definition) is 3. The molecule has 0 fully saturated rings. The standard InChI is InChI=1S/C28H30N4/c1-7-19(13-22(8-2)30-18(3)16-28(4,5)6)20-9-10-24-23(14-20)27(32-24)25-15-21-11-12-29-17-26(21)31-25/h7-15,17,30-31H,2-3,16H2,1,4-6H3/b19-7+,22-13+. The molecule has 3 aromatic rings. The van der Waals surface area contributed by atoms with Crippen molar-refractivity contribution in [3.05, 3.63) is 107 Å². The van der Waals surface area contributed by atoms with Crippen LogP contribution in [-0.4, -0.2) is 9.97 Å². The van der Waals surface area contributed by atoms with Gasteiger partial charge in [0.25, 0.3) is 0 Å². The highest BCUT2D eigenvalue weighted by Gasteiger charge is 2.15. The van der Waals surface area contributed by atoms with Crippen LogP contribution in [0.25, 0.3) is 22.2 Å². The molecule has 3 heterocycles. The molecule has 0 spiro atoms. The van der Waals surface area contributed by atoms with Crippen LogP contribution in [0.2, 0.25) is 0 Å². The van der Waals surface area contributed by atoms with Gasteiger partial charge in [0.2, 0.25) is 0 Å². The number of aromatic nitrogens is 2. The van der Waals surface area contributed by atoms with Gasteiger partial charge in [-0.25, -0.2) is 4.99 Å². The van der Waals surface area contributed by atoms with Crippen LogP contribution in [0.4, 0.5) is 0 Å². The summed E-state index contributed by atoms with van der Waals surface area (Å²) in [7, 11) is 0. The first-order chi connectivity index (χ1) is 15.3. The van der Waals surface area contributed by atoms with Gasteiger partial charge in [-0.1, -0.05) is 46.1 Å². The summed E-state index contributed by atoms with van der Waals surface area (Å²) in [6.07, 6.45) is 10.6. The van der Waals surface area contributed by atoms with E-state index in [9.17, 15) is 0 Å². The zero-order valence-corrected chi connectivity index (χ0v) is 19.3. The maximum absolute atomic E-state index is 4.72. The number of nitrogens with one attached hydrogen (secondary N) is 2. The number of H-pyrrole nitrogens is 1. The Labute approximate surface area is 189 Å². The van der Waals surface area contributed by atoms with Gasteiger partial charge < -0.3 is 10.3 Å². The molecule has 0 radical (unpaired) electrons. The lowest BCUT2D eigenvalue weighted by Gasteiger charge is -2.21. The summed E-state index contributed by atoms with van der Waals surface area (Å²) in [6, 6.07) is 10.5. The molecular formula is C28H30N4. The predicted molar refractivity (Wildman–Crippen MR) is 134 cm³/mol. The molecule has 1 aromatic carbocycles. The van der Waals surface area contributed by atoms with E-state index in [1.54, 1.807) is 6.20 Å². The molecule has 0 aliphatic carbocycles. The molecule has 0 atom stereocenters. The fourth-order valence-electron chi connectivity index (χ4n) is 3.97. The summed E-state index contributed by atoms with van der Waals surface area (Å²) in [5.74, 6) is 0. The number of allylic oxidation sites excluding steroid dienone is 5. The number of fused-ring (bicyclic) bond motifs is 2. The van der Waals surface area contributed by atoms with Gasteiger partial charge in [0.15, 0.2) is 0 Å². The van der Waals surface area contributed by atoms with Crippen LogP contribution in [0.3, 0.4) is 0 Å². The van der Waals surface area contributed by atoms with Gasteiger partial charge in [0.1, 0.15) is 0 Å². The van der Waals surface area contributed by atoms with Crippen molar-refractivity contribution in [3.63, 3.8) is 0 Å². The van der Waals surface area contributed by atoms with Gasteiger partial charge in [-0.05, 0) is 66.3 Å². The number of benzene rings is 1. The third kappa shape index (κ3) is 4.50. The minimum Gasteiger partial charge on any atom is -0.359 e. The van der Waals surface area contributed by atoms with Crippen molar-refractivity contribution in [3.8, 4) is 0 Å². The highest BCUT2D eigenvalue weighted by atomic mass is 14.9. The summed E-state index contributed by atoms with van der Waals surface area (Å²) in [5, 5.41) is 6.72. The van der Waals surface area contributed by atoms with Crippen LogP contribution in [0.1, 0.15) is 45.4 Å². The van der Waals surface area contributed by atoms with Crippen LogP contribution in [0, 0.1) is 5.41 Å². The predicted octanol–water partition coefficient (Wildman–Crippen LogP) is 5.37. The minimum atomic E-state index is 0.177. The number of aromatic amines is 1. The van der Waals surface area contributed by atoms with E-state index in [2.05, 4.69) is 92.6 Å². The van der Waals surface area contributed by atoms with Crippen LogP contribution in [0.5, 0.6) is 0 Å². The van der Waals surface area contributed by atoms with Crippen LogP contribution >= 0.6 is 0 Å². The summed E-state index contributed by atoms with van der Waals surface area (Å²) in [5.41, 5.74) is 7.37. The third-order valence-electron chi connectivity index (χ3n) is 5.40. The molecule has 0 bridgehead atoms. The van der Waals surface area contributed by atoms with E-state index >= 15 is 0 Å². The summed E-state index contributed by atoms with van der Waals surface area (Å²) in [4.78, 5) is 12.3. The first-order valence-electron chi connectivity index (χ1n) is 10.9. The van der Waals surface area contributed by atoms with Crippen LogP contribution in [-0.2, 0) is 0 Å². The van der Waals surface area contributed by atoms with Gasteiger partial charge in [-0.2, -0.15) is 0 Å². The molecule has 1 aliphatic rings. The van der Waals surface area contributed by atoms with Crippen molar-refractivity contribution in [2.75, 3.05) is 0 Å². The molecule has 1 aliphatic heterocycles. The maximum atomic E-state index is 4.72. The molecule has 4 heteroatoms. The Kier molecular flexibility index (Phi) is 5.70. The second-order valence-electron chi connectivity index (χ2n) is 9.35. The van der Waals surface area contributed by atoms with E-state index in [0.29, 0.717) is 0 Å². The minimum absolute atomic E-state index is 0.177. The first kappa shape index (κ1) is 21.6. The fourth-order valence-corrected chi connectivity index (χ4v) is 3.97. The van der Waals surface area contributed by atoms with Crippen molar-refractivity contribution < 1.29 is 0 Å². The highest BCUT2D eigenvalue weighted by Crippen LogP contribution is 2.24. The summed E-state index contributed by atoms with van der Waals surface area (Å²) < 4.78 is 0. The molecule has 0 saturated heterocycles. The Morgan fingerprint density at radius 3 is 2.69 bits per heavy atom. The Morgan fingerprint density at radius 1 is 1.19 bits per heavy atom. The Balaban J connectivity index is 1.65. The van der Waals surface area contributed by atoms with Crippen molar-refractivity contribution in [1.29, 1.82) is 0 Å². The molecule has 4 rings (SSSR count). The molecule has 0 unspecified atom stereocenters. The quantitative estimate of drug-likeness (QED) is 0.503. The molecule has 0 saturated carbocycles. The van der Waals surface area contributed by atoms with E-state index in [4.69, 9.17) is 4.99 Å². The van der Waals surface area contributed by atoms with Crippen LogP contribution in [0.15, 0.2) is 90.5 Å². The largest absolute Gasteiger partial charge is 0.359 e. The van der Waals surface area contributed by atoms with Crippen molar-refractivity contribution in [1.82, 2.24) is 15.3 Å². The summed E-state index contributed by atoms with van der Waals surface area (Å²) in [6.45, 7) is 16.8. The monoisotopic (exact) mass is 422 g/mol. The first-order valence-corrected chi connectivity index (χ1v) is 10.9. The van der Waals surface area contributed by atoms with Gasteiger partial charge in [0.05, 0.1) is 28.5 Å². The van der Waals surface area contributed by atoms with E-state index < -0.39 is 0 Å². The zero-order valence-electron chi connectivity index (χ0n) is 19.3. The van der Waals surface area contributed by atoms with E-state index in [1.165, 1.54) is 0 Å². The Bertz CT molecular complexity index is 1360. The average molecular weight is 423 g/mol. The lowest BCUT2D eigenvalue weighted by Crippen LogP contribution is -2.35. The molecule has 0 amide bonds. The average Bonchev–Trinajstić information content (AvgIpc) is 3.14. The second-order valence-corrected chi connectivity index (χ2v) is 9.35. The normalized spacial score (nSPS) is 13.9. The highest BCUT2D eigenvalue weighted by molar-refractivity contribution is 5.84. The van der Waals surface area contributed by atoms with Gasteiger partial charge in [0, 0.05) is 28.2 Å². The molecule has 2 N–H and O–H groups in total. The number of hydrogen-bond donors (Lipinski definition) is 2. The van der Waals surface area contributed by atoms with Crippen LogP contribution < -0.4 is 15.9 Å². The van der Waals surface area contributed by atoms with E-state index in [1.807, 2.05) is 18.3 Å². The van der Waals surface area contributed by atoms with Crippen molar-refractivity contribution in [2.45, 2.75) is 34.1 Å². The number of pyridine rings is 1. The molecular weight excluding hydrogens is 392 g/mol. The van der Waals surface area contributed by atoms with Crippen molar-refractivity contribution >= 4 is 22.2 Å². The lowest BCUT2D eigenvalue weighted by atomic mass is 9.91. The smallest absolute Gasteiger partial charge is 0.0966 e. The topological polar surface area (TPSA) is 53.1 Å². The van der Waals surface area contributed by atoms with E-state index in [0.717, 1.165) is 61.8 Å². The van der Waals surface area contributed by atoms with E-state index in [-0.39, 0.29) is 5.41 Å². The van der Waals surface area contributed by atoms with Gasteiger partial charge in [-0.15, -0.1) is 0 Å². The number of nitrogens with zero attached hydrogens (tertiary/aromatic N) is 2. The Hall–Kier alpha value is -3.66. The SMILES string of the molecule is C=C/C(=C\C(=C/C)c1ccc2c(c1)=C(c1cc3ccncc3[nH]1)N=2)NC(=C)CC(C)(C)C. The molecule has 2 aromatic heterocycles. The third-order valence-corrected chi connectivity index (χ3v) is 5.40. The zero-order chi connectivity index (χ0) is 22.9. The molecule has 4 nitrogen and oxygen atoms in total. The summed E-state index contributed by atoms with van der Waals surface area (Å²) >= 11 is 0. The molecule has 32 heavy (non-hydrogen) atoms. The molecule has 162 valence electrons. The van der Waals surface area contributed by atoms with Gasteiger partial charge in [-0.3, -0.25) is 4.98 Å². The maximum Gasteiger partial charge on any atom is 0.0966 e. The fraction of sp³-hybridized carbons (Fsp3) is 0.214. The van der Waals surface area contributed by atoms with Crippen molar-refractivity contribution in [2.24, 2.45) is 10.4 Å². The number of rotatable bonds is 7.